The molecule has 0 unspecified atom stereocenters. The summed E-state index contributed by atoms with van der Waals surface area (Å²) in [5, 5.41) is 8.16. The second kappa shape index (κ2) is 5.53. The van der Waals surface area contributed by atoms with Gasteiger partial charge in [0.05, 0.1) is 5.39 Å². The molecular weight excluding hydrogens is 241 g/mol. The van der Waals surface area contributed by atoms with Crippen LogP contribution in [0.4, 0.5) is 10.2 Å². The smallest absolute Gasteiger partial charge is 0.136 e. The van der Waals surface area contributed by atoms with Gasteiger partial charge in [-0.15, -0.1) is 0 Å². The molecule has 1 aliphatic heterocycles. The molecule has 3 nitrogen and oxygen atoms in total. The van der Waals surface area contributed by atoms with Gasteiger partial charge in [0, 0.05) is 12.7 Å². The second-order valence-electron chi connectivity index (χ2n) is 5.07. The van der Waals surface area contributed by atoms with E-state index in [1.54, 1.807) is 12.3 Å². The lowest BCUT2D eigenvalue weighted by molar-refractivity contribution is 0.389. The molecule has 2 heterocycles. The van der Waals surface area contributed by atoms with Crippen LogP contribution in [0, 0.1) is 11.7 Å². The third-order valence-electron chi connectivity index (χ3n) is 3.76. The van der Waals surface area contributed by atoms with Crippen LogP contribution in [0.5, 0.6) is 0 Å². The van der Waals surface area contributed by atoms with Gasteiger partial charge < -0.3 is 10.6 Å². The first-order chi connectivity index (χ1) is 9.34. The number of rotatable bonds is 3. The second-order valence-corrected chi connectivity index (χ2v) is 5.07. The Morgan fingerprint density at radius 3 is 2.95 bits per heavy atom. The third-order valence-corrected chi connectivity index (χ3v) is 3.76. The van der Waals surface area contributed by atoms with Crippen LogP contribution in [0.25, 0.3) is 10.8 Å². The van der Waals surface area contributed by atoms with E-state index in [9.17, 15) is 4.39 Å². The molecule has 2 aromatic rings. The summed E-state index contributed by atoms with van der Waals surface area (Å²) in [7, 11) is 0. The molecule has 0 amide bonds. The number of pyridine rings is 1. The fourth-order valence-corrected chi connectivity index (χ4v) is 2.65. The number of benzene rings is 1. The van der Waals surface area contributed by atoms with Gasteiger partial charge in [-0.2, -0.15) is 0 Å². The van der Waals surface area contributed by atoms with Crippen molar-refractivity contribution in [3.8, 4) is 0 Å². The number of hydrogen-bond donors (Lipinski definition) is 2. The standard InChI is InChI=1S/C15H18FN3/c16-13-3-1-2-12-6-9-18-15(14(12)13)19-10-11-4-7-17-8-5-11/h1-3,6,9,11,17H,4-5,7-8,10H2,(H,18,19). The zero-order valence-electron chi connectivity index (χ0n) is 10.8. The number of halogens is 1. The third kappa shape index (κ3) is 2.68. The van der Waals surface area contributed by atoms with Crippen LogP contribution in [-0.4, -0.2) is 24.6 Å². The van der Waals surface area contributed by atoms with Gasteiger partial charge in [0.25, 0.3) is 0 Å². The molecule has 0 atom stereocenters. The van der Waals surface area contributed by atoms with E-state index in [4.69, 9.17) is 0 Å². The molecule has 0 bridgehead atoms. The highest BCUT2D eigenvalue weighted by atomic mass is 19.1. The molecule has 19 heavy (non-hydrogen) atoms. The van der Waals surface area contributed by atoms with Gasteiger partial charge in [-0.1, -0.05) is 12.1 Å². The lowest BCUT2D eigenvalue weighted by Gasteiger charge is -2.23. The summed E-state index contributed by atoms with van der Waals surface area (Å²) in [6.45, 7) is 3.01. The Labute approximate surface area is 112 Å². The van der Waals surface area contributed by atoms with Crippen LogP contribution >= 0.6 is 0 Å². The minimum atomic E-state index is -0.210. The molecule has 1 aliphatic rings. The van der Waals surface area contributed by atoms with Gasteiger partial charge >= 0.3 is 0 Å². The predicted molar refractivity (Wildman–Crippen MR) is 75.8 cm³/mol. The van der Waals surface area contributed by atoms with Gasteiger partial charge in [-0.25, -0.2) is 9.37 Å². The van der Waals surface area contributed by atoms with Crippen LogP contribution in [0.3, 0.4) is 0 Å². The Bertz CT molecular complexity index is 559. The summed E-state index contributed by atoms with van der Waals surface area (Å²) in [5.41, 5.74) is 0. The minimum Gasteiger partial charge on any atom is -0.369 e. The summed E-state index contributed by atoms with van der Waals surface area (Å²) in [5.74, 6) is 1.10. The quantitative estimate of drug-likeness (QED) is 0.890. The van der Waals surface area contributed by atoms with E-state index < -0.39 is 0 Å². The van der Waals surface area contributed by atoms with Crippen molar-refractivity contribution in [3.05, 3.63) is 36.3 Å². The maximum absolute atomic E-state index is 13.9. The molecule has 0 saturated carbocycles. The molecule has 1 saturated heterocycles. The molecular formula is C15H18FN3. The Hall–Kier alpha value is -1.68. The summed E-state index contributed by atoms with van der Waals surface area (Å²) in [6.07, 6.45) is 4.06. The zero-order chi connectivity index (χ0) is 13.1. The molecule has 100 valence electrons. The summed E-state index contributed by atoms with van der Waals surface area (Å²) < 4.78 is 13.9. The summed E-state index contributed by atoms with van der Waals surface area (Å²) in [6, 6.07) is 6.97. The Balaban J connectivity index is 1.80. The van der Waals surface area contributed by atoms with E-state index in [1.165, 1.54) is 18.9 Å². The van der Waals surface area contributed by atoms with Crippen molar-refractivity contribution in [1.82, 2.24) is 10.3 Å². The largest absolute Gasteiger partial charge is 0.369 e. The van der Waals surface area contributed by atoms with Crippen LogP contribution < -0.4 is 10.6 Å². The van der Waals surface area contributed by atoms with E-state index >= 15 is 0 Å². The van der Waals surface area contributed by atoms with Crippen molar-refractivity contribution < 1.29 is 4.39 Å². The SMILES string of the molecule is Fc1cccc2ccnc(NCC3CCNCC3)c12. The van der Waals surface area contributed by atoms with Crippen LogP contribution in [0.15, 0.2) is 30.5 Å². The van der Waals surface area contributed by atoms with E-state index in [1.807, 2.05) is 12.1 Å². The van der Waals surface area contributed by atoms with Crippen molar-refractivity contribution in [2.24, 2.45) is 5.92 Å². The van der Waals surface area contributed by atoms with E-state index in [-0.39, 0.29) is 5.82 Å². The van der Waals surface area contributed by atoms with Crippen LogP contribution in [0.1, 0.15) is 12.8 Å². The highest BCUT2D eigenvalue weighted by Gasteiger charge is 2.14. The van der Waals surface area contributed by atoms with Crippen molar-refractivity contribution >= 4 is 16.6 Å². The monoisotopic (exact) mass is 259 g/mol. The normalized spacial score (nSPS) is 16.7. The number of fused-ring (bicyclic) bond motifs is 1. The van der Waals surface area contributed by atoms with Crippen LogP contribution in [-0.2, 0) is 0 Å². The first kappa shape index (κ1) is 12.4. The summed E-state index contributed by atoms with van der Waals surface area (Å²) in [4.78, 5) is 4.29. The number of hydrogen-bond acceptors (Lipinski definition) is 3. The number of nitrogens with one attached hydrogen (secondary N) is 2. The highest BCUT2D eigenvalue weighted by Crippen LogP contribution is 2.24. The molecule has 0 radical (unpaired) electrons. The lowest BCUT2D eigenvalue weighted by Crippen LogP contribution is -2.31. The number of aromatic nitrogens is 1. The fourth-order valence-electron chi connectivity index (χ4n) is 2.65. The minimum absolute atomic E-state index is 0.210. The Morgan fingerprint density at radius 1 is 1.26 bits per heavy atom. The molecule has 2 N–H and O–H groups in total. The molecule has 1 aromatic heterocycles. The predicted octanol–water partition coefficient (Wildman–Crippen LogP) is 2.79. The van der Waals surface area contributed by atoms with Gasteiger partial charge in [-0.3, -0.25) is 0 Å². The maximum Gasteiger partial charge on any atom is 0.136 e. The molecule has 3 rings (SSSR count). The van der Waals surface area contributed by atoms with Crippen molar-refractivity contribution in [3.63, 3.8) is 0 Å². The first-order valence-electron chi connectivity index (χ1n) is 6.82. The van der Waals surface area contributed by atoms with E-state index in [0.717, 1.165) is 25.0 Å². The lowest BCUT2D eigenvalue weighted by atomic mass is 9.98. The fraction of sp³-hybridized carbons (Fsp3) is 0.400. The van der Waals surface area contributed by atoms with E-state index in [0.29, 0.717) is 17.1 Å². The van der Waals surface area contributed by atoms with Crippen molar-refractivity contribution in [2.45, 2.75) is 12.8 Å². The highest BCUT2D eigenvalue weighted by molar-refractivity contribution is 5.92. The first-order valence-corrected chi connectivity index (χ1v) is 6.82. The summed E-state index contributed by atoms with van der Waals surface area (Å²) >= 11 is 0. The van der Waals surface area contributed by atoms with Crippen LogP contribution in [0.2, 0.25) is 0 Å². The van der Waals surface area contributed by atoms with Gasteiger partial charge in [0.15, 0.2) is 0 Å². The van der Waals surface area contributed by atoms with Gasteiger partial charge in [0.2, 0.25) is 0 Å². The Morgan fingerprint density at radius 2 is 2.11 bits per heavy atom. The topological polar surface area (TPSA) is 37.0 Å². The number of nitrogens with zero attached hydrogens (tertiary/aromatic N) is 1. The Kier molecular flexibility index (Phi) is 3.60. The van der Waals surface area contributed by atoms with Gasteiger partial charge in [0.1, 0.15) is 11.6 Å². The molecule has 1 aromatic carbocycles. The van der Waals surface area contributed by atoms with Crippen molar-refractivity contribution in [2.75, 3.05) is 25.0 Å². The number of piperidine rings is 1. The van der Waals surface area contributed by atoms with E-state index in [2.05, 4.69) is 15.6 Å². The molecule has 0 aliphatic carbocycles. The molecule has 4 heteroatoms. The average molecular weight is 259 g/mol. The van der Waals surface area contributed by atoms with Gasteiger partial charge in [-0.05, 0) is 49.4 Å². The molecule has 1 fully saturated rings. The average Bonchev–Trinajstić information content (AvgIpc) is 2.46. The van der Waals surface area contributed by atoms with Crippen molar-refractivity contribution in [1.29, 1.82) is 0 Å². The molecule has 0 spiro atoms. The maximum atomic E-state index is 13.9. The number of anilines is 1. The zero-order valence-corrected chi connectivity index (χ0v) is 10.8.